The van der Waals surface area contributed by atoms with E-state index in [9.17, 15) is 0 Å². The van der Waals surface area contributed by atoms with Crippen molar-refractivity contribution in [3.63, 3.8) is 0 Å². The topological polar surface area (TPSA) is 24.9 Å². The third-order valence-electron chi connectivity index (χ3n) is 4.13. The predicted octanol–water partition coefficient (Wildman–Crippen LogP) is 2.20. The number of rotatable bonds is 3. The Bertz CT molecular complexity index is 427. The third-order valence-corrected chi connectivity index (χ3v) is 4.13. The molecular weight excluding hydrogens is 252 g/mol. The minimum atomic E-state index is -0.0699. The average Bonchev–Trinajstić information content (AvgIpc) is 2.86. The van der Waals surface area contributed by atoms with Crippen molar-refractivity contribution in [3.8, 4) is 5.75 Å². The van der Waals surface area contributed by atoms with Crippen LogP contribution in [-0.2, 0) is 4.74 Å². The highest BCUT2D eigenvalue weighted by Crippen LogP contribution is 2.25. The van der Waals surface area contributed by atoms with Crippen molar-refractivity contribution in [3.05, 3.63) is 24.3 Å². The second-order valence-electron chi connectivity index (χ2n) is 6.01. The lowest BCUT2D eigenvalue weighted by Gasteiger charge is -2.34. The molecule has 0 spiro atoms. The summed E-state index contributed by atoms with van der Waals surface area (Å²) < 4.78 is 11.4. The van der Waals surface area contributed by atoms with E-state index in [1.54, 1.807) is 0 Å². The van der Waals surface area contributed by atoms with Gasteiger partial charge in [0, 0.05) is 38.3 Å². The number of ether oxygens (including phenoxy) is 2. The molecule has 1 aromatic rings. The molecule has 4 nitrogen and oxygen atoms in total. The van der Waals surface area contributed by atoms with E-state index in [0.717, 1.165) is 45.0 Å². The molecule has 0 aliphatic carbocycles. The molecule has 2 saturated heterocycles. The lowest BCUT2D eigenvalue weighted by atomic mass is 10.1. The van der Waals surface area contributed by atoms with E-state index in [1.165, 1.54) is 5.69 Å². The maximum atomic E-state index is 5.86. The van der Waals surface area contributed by atoms with Crippen LogP contribution in [0.4, 0.5) is 5.69 Å². The number of piperazine rings is 1. The molecule has 0 N–H and O–H groups in total. The fourth-order valence-electron chi connectivity index (χ4n) is 2.77. The normalized spacial score (nSPS) is 27.8. The average molecular weight is 276 g/mol. The number of nitrogens with zero attached hydrogens (tertiary/aromatic N) is 2. The summed E-state index contributed by atoms with van der Waals surface area (Å²) >= 11 is 0. The van der Waals surface area contributed by atoms with Crippen molar-refractivity contribution in [2.45, 2.75) is 19.6 Å². The highest BCUT2D eigenvalue weighted by atomic mass is 16.7. The summed E-state index contributed by atoms with van der Waals surface area (Å²) in [6.07, 6.45) is 0.916. The first-order valence-corrected chi connectivity index (χ1v) is 7.52. The highest BCUT2D eigenvalue weighted by molar-refractivity contribution is 5.49. The van der Waals surface area contributed by atoms with Gasteiger partial charge in [-0.15, -0.1) is 0 Å². The Labute approximate surface area is 121 Å². The Morgan fingerprint density at radius 2 is 1.80 bits per heavy atom. The van der Waals surface area contributed by atoms with E-state index < -0.39 is 0 Å². The molecule has 4 heteroatoms. The van der Waals surface area contributed by atoms with Crippen molar-refractivity contribution < 1.29 is 9.47 Å². The van der Waals surface area contributed by atoms with E-state index in [4.69, 9.17) is 9.47 Å². The Morgan fingerprint density at radius 1 is 1.10 bits per heavy atom. The number of likely N-dealkylation sites (N-methyl/N-ethyl adjacent to an activating group) is 1. The van der Waals surface area contributed by atoms with Crippen LogP contribution in [-0.4, -0.2) is 51.0 Å². The largest absolute Gasteiger partial charge is 0.465 e. The van der Waals surface area contributed by atoms with Gasteiger partial charge in [0.25, 0.3) is 0 Å². The van der Waals surface area contributed by atoms with Crippen LogP contribution in [0.15, 0.2) is 24.3 Å². The Morgan fingerprint density at radius 3 is 2.40 bits per heavy atom. The summed E-state index contributed by atoms with van der Waals surface area (Å²) in [6, 6.07) is 8.41. The van der Waals surface area contributed by atoms with Crippen LogP contribution in [0.5, 0.6) is 5.75 Å². The molecule has 2 aliphatic rings. The Balaban J connectivity index is 1.57. The van der Waals surface area contributed by atoms with Crippen molar-refractivity contribution in [2.75, 3.05) is 44.7 Å². The number of hydrogen-bond acceptors (Lipinski definition) is 4. The van der Waals surface area contributed by atoms with Crippen molar-refractivity contribution in [1.29, 1.82) is 0 Å². The van der Waals surface area contributed by atoms with E-state index in [1.807, 2.05) is 0 Å². The third kappa shape index (κ3) is 3.25. The summed E-state index contributed by atoms with van der Waals surface area (Å²) in [7, 11) is 2.18. The fourth-order valence-corrected chi connectivity index (χ4v) is 2.77. The van der Waals surface area contributed by atoms with Crippen LogP contribution in [0.25, 0.3) is 0 Å². The first-order chi connectivity index (χ1) is 9.70. The van der Waals surface area contributed by atoms with Crippen molar-refractivity contribution in [1.82, 2.24) is 4.90 Å². The van der Waals surface area contributed by atoms with Gasteiger partial charge in [-0.25, -0.2) is 0 Å². The standard InChI is InChI=1S/C16H24N2O2/c1-13-11-16(19-12-13)20-15-5-3-14(4-6-15)18-9-7-17(2)8-10-18/h3-6,13,16H,7-12H2,1-2H3/t13-,16?/m1/s1. The van der Waals surface area contributed by atoms with Crippen molar-refractivity contribution >= 4 is 5.69 Å². The molecule has 110 valence electrons. The first-order valence-electron chi connectivity index (χ1n) is 7.52. The first kappa shape index (κ1) is 13.7. The molecule has 0 saturated carbocycles. The van der Waals surface area contributed by atoms with Gasteiger partial charge in [0.1, 0.15) is 5.75 Å². The van der Waals surface area contributed by atoms with E-state index in [0.29, 0.717) is 5.92 Å². The van der Waals surface area contributed by atoms with Crippen LogP contribution in [0, 0.1) is 5.92 Å². The van der Waals surface area contributed by atoms with Crippen LogP contribution >= 0.6 is 0 Å². The van der Waals surface area contributed by atoms with Gasteiger partial charge in [-0.1, -0.05) is 6.92 Å². The number of benzene rings is 1. The molecule has 0 aromatic heterocycles. The molecule has 2 atom stereocenters. The van der Waals surface area contributed by atoms with Crippen LogP contribution in [0.3, 0.4) is 0 Å². The summed E-state index contributed by atoms with van der Waals surface area (Å²) in [4.78, 5) is 4.80. The van der Waals surface area contributed by atoms with E-state index >= 15 is 0 Å². The second-order valence-corrected chi connectivity index (χ2v) is 6.01. The van der Waals surface area contributed by atoms with Gasteiger partial charge in [-0.05, 0) is 37.2 Å². The predicted molar refractivity (Wildman–Crippen MR) is 80.3 cm³/mol. The van der Waals surface area contributed by atoms with Crippen LogP contribution in [0.1, 0.15) is 13.3 Å². The monoisotopic (exact) mass is 276 g/mol. The van der Waals surface area contributed by atoms with Gasteiger partial charge < -0.3 is 19.3 Å². The lowest BCUT2D eigenvalue weighted by Crippen LogP contribution is -2.44. The van der Waals surface area contributed by atoms with Gasteiger partial charge in [0.15, 0.2) is 6.29 Å². The molecule has 0 amide bonds. The molecule has 2 fully saturated rings. The van der Waals surface area contributed by atoms with E-state index in [-0.39, 0.29) is 6.29 Å². The maximum absolute atomic E-state index is 5.86. The fraction of sp³-hybridized carbons (Fsp3) is 0.625. The van der Waals surface area contributed by atoms with Gasteiger partial charge in [-0.3, -0.25) is 0 Å². The van der Waals surface area contributed by atoms with Gasteiger partial charge >= 0.3 is 0 Å². The summed E-state index contributed by atoms with van der Waals surface area (Å²) in [6.45, 7) is 7.46. The smallest absolute Gasteiger partial charge is 0.200 e. The molecule has 0 bridgehead atoms. The quantitative estimate of drug-likeness (QED) is 0.845. The second kappa shape index (κ2) is 6.02. The SMILES string of the molecule is C[C@H]1COC(Oc2ccc(N3CCN(C)CC3)cc2)C1. The van der Waals surface area contributed by atoms with Gasteiger partial charge in [0.05, 0.1) is 6.61 Å². The molecule has 1 aromatic carbocycles. The van der Waals surface area contributed by atoms with Crippen molar-refractivity contribution in [2.24, 2.45) is 5.92 Å². The zero-order valence-electron chi connectivity index (χ0n) is 12.4. The molecule has 2 aliphatic heterocycles. The molecule has 20 heavy (non-hydrogen) atoms. The number of anilines is 1. The minimum absolute atomic E-state index is 0.0699. The zero-order valence-corrected chi connectivity index (χ0v) is 12.4. The Hall–Kier alpha value is -1.26. The molecule has 1 unspecified atom stereocenters. The molecule has 0 radical (unpaired) electrons. The molecule has 2 heterocycles. The van der Waals surface area contributed by atoms with Crippen LogP contribution in [0.2, 0.25) is 0 Å². The van der Waals surface area contributed by atoms with Gasteiger partial charge in [0.2, 0.25) is 0 Å². The van der Waals surface area contributed by atoms with Crippen LogP contribution < -0.4 is 9.64 Å². The minimum Gasteiger partial charge on any atom is -0.465 e. The summed E-state index contributed by atoms with van der Waals surface area (Å²) in [5.41, 5.74) is 1.28. The summed E-state index contributed by atoms with van der Waals surface area (Å²) in [5, 5.41) is 0. The highest BCUT2D eigenvalue weighted by Gasteiger charge is 2.23. The number of hydrogen-bond donors (Lipinski definition) is 0. The Kier molecular flexibility index (Phi) is 4.13. The molecule has 3 rings (SSSR count). The van der Waals surface area contributed by atoms with Gasteiger partial charge in [-0.2, -0.15) is 0 Å². The summed E-state index contributed by atoms with van der Waals surface area (Å²) in [5.74, 6) is 1.51. The van der Waals surface area contributed by atoms with E-state index in [2.05, 4.69) is 48.0 Å². The zero-order chi connectivity index (χ0) is 13.9. The lowest BCUT2D eigenvalue weighted by molar-refractivity contribution is -0.0393. The maximum Gasteiger partial charge on any atom is 0.200 e. The molecular formula is C16H24N2O2.